The van der Waals surface area contributed by atoms with Crippen LogP contribution in [0, 0.1) is 0 Å². The average Bonchev–Trinajstić information content (AvgIpc) is 3.35. The quantitative estimate of drug-likeness (QED) is 0.223. The zero-order valence-corrected chi connectivity index (χ0v) is 24.4. The van der Waals surface area contributed by atoms with Crippen LogP contribution in [0.3, 0.4) is 0 Å². The molecule has 0 spiro atoms. The standard InChI is InChI=1S/C30H33F6N3O2Si/c1-28(2,3)42(25-10-6-4-7-11-25,26-12-8-5-9-13-26)41-19-24-17-23(18-37-24)39-27(40)38-22-15-20(29(31,32)33)14-21(16-22)30(34,35)36/h4-16,23-24,37H,17-19H2,1-3H3,(H2,38,39,40)/t23-,24+/m1/s1. The predicted octanol–water partition coefficient (Wildman–Crippen LogP) is 6.15. The van der Waals surface area contributed by atoms with E-state index in [1.165, 1.54) is 0 Å². The summed E-state index contributed by atoms with van der Waals surface area (Å²) in [4.78, 5) is 12.6. The Morgan fingerprint density at radius 1 is 0.857 bits per heavy atom. The zero-order chi connectivity index (χ0) is 30.8. The number of benzene rings is 3. The highest BCUT2D eigenvalue weighted by Crippen LogP contribution is 2.38. The minimum atomic E-state index is -5.01. The Balaban J connectivity index is 1.45. The third-order valence-electron chi connectivity index (χ3n) is 7.32. The van der Waals surface area contributed by atoms with E-state index in [4.69, 9.17) is 4.43 Å². The van der Waals surface area contributed by atoms with Gasteiger partial charge in [0.2, 0.25) is 0 Å². The summed E-state index contributed by atoms with van der Waals surface area (Å²) in [5, 5.41) is 10.1. The lowest BCUT2D eigenvalue weighted by atomic mass is 10.1. The molecule has 3 aromatic rings. The number of amides is 2. The predicted molar refractivity (Wildman–Crippen MR) is 152 cm³/mol. The lowest BCUT2D eigenvalue weighted by Gasteiger charge is -2.43. The van der Waals surface area contributed by atoms with Crippen LogP contribution in [-0.2, 0) is 16.8 Å². The Bertz CT molecular complexity index is 1290. The van der Waals surface area contributed by atoms with Crippen LogP contribution in [0.15, 0.2) is 78.9 Å². The van der Waals surface area contributed by atoms with E-state index in [-0.39, 0.29) is 17.1 Å². The van der Waals surface area contributed by atoms with Gasteiger partial charge in [0.15, 0.2) is 0 Å². The number of halogens is 6. The van der Waals surface area contributed by atoms with Crippen molar-refractivity contribution >= 4 is 30.4 Å². The Kier molecular flexibility index (Phi) is 9.10. The van der Waals surface area contributed by atoms with E-state index in [0.717, 1.165) is 10.4 Å². The molecule has 1 saturated heterocycles. The SMILES string of the molecule is CC(C)(C)[Si](OC[C@@H]1C[C@@H](NC(=O)Nc2cc(C(F)(F)F)cc(C(F)(F)F)c2)CN1)(c1ccccc1)c1ccccc1. The highest BCUT2D eigenvalue weighted by molar-refractivity contribution is 6.99. The van der Waals surface area contributed by atoms with Crippen molar-refractivity contribution in [2.75, 3.05) is 18.5 Å². The molecule has 1 aliphatic heterocycles. The van der Waals surface area contributed by atoms with Gasteiger partial charge in [-0.3, -0.25) is 0 Å². The number of nitrogens with one attached hydrogen (secondary N) is 3. The molecule has 2 atom stereocenters. The summed E-state index contributed by atoms with van der Waals surface area (Å²) in [5.41, 5.74) is -3.61. The molecule has 0 bridgehead atoms. The first-order valence-corrected chi connectivity index (χ1v) is 15.4. The Morgan fingerprint density at radius 3 is 1.81 bits per heavy atom. The van der Waals surface area contributed by atoms with Crippen molar-refractivity contribution in [2.45, 2.75) is 56.7 Å². The van der Waals surface area contributed by atoms with Crippen LogP contribution in [0.2, 0.25) is 5.04 Å². The minimum absolute atomic E-state index is 0.0143. The monoisotopic (exact) mass is 609 g/mol. The number of carbonyl (C=O) groups excluding carboxylic acids is 1. The van der Waals surface area contributed by atoms with Crippen LogP contribution in [-0.4, -0.2) is 39.6 Å². The summed E-state index contributed by atoms with van der Waals surface area (Å²) < 4.78 is 86.0. The van der Waals surface area contributed by atoms with E-state index in [0.29, 0.717) is 31.7 Å². The van der Waals surface area contributed by atoms with Gasteiger partial charge < -0.3 is 20.4 Å². The second kappa shape index (κ2) is 12.1. The lowest BCUT2D eigenvalue weighted by Crippen LogP contribution is -2.67. The van der Waals surface area contributed by atoms with Crippen molar-refractivity contribution in [3.8, 4) is 0 Å². The maximum atomic E-state index is 13.2. The number of alkyl halides is 6. The van der Waals surface area contributed by atoms with Crippen LogP contribution >= 0.6 is 0 Å². The molecule has 1 aliphatic rings. The first-order chi connectivity index (χ1) is 19.6. The molecule has 0 aliphatic carbocycles. The molecule has 5 nitrogen and oxygen atoms in total. The number of carbonyl (C=O) groups is 1. The third-order valence-corrected chi connectivity index (χ3v) is 12.3. The first-order valence-electron chi connectivity index (χ1n) is 13.4. The van der Waals surface area contributed by atoms with Crippen molar-refractivity contribution in [1.82, 2.24) is 10.6 Å². The van der Waals surface area contributed by atoms with Gasteiger partial charge in [-0.2, -0.15) is 26.3 Å². The highest BCUT2D eigenvalue weighted by atomic mass is 28.4. The molecule has 1 heterocycles. The molecule has 3 aromatic carbocycles. The Morgan fingerprint density at radius 2 is 1.36 bits per heavy atom. The Labute approximate surface area is 241 Å². The summed E-state index contributed by atoms with van der Waals surface area (Å²) in [5.74, 6) is 0. The number of hydrogen-bond acceptors (Lipinski definition) is 3. The van der Waals surface area contributed by atoms with Gasteiger partial charge in [-0.15, -0.1) is 0 Å². The van der Waals surface area contributed by atoms with Crippen molar-refractivity contribution < 1.29 is 35.6 Å². The molecule has 0 aromatic heterocycles. The van der Waals surface area contributed by atoms with Gasteiger partial charge in [0.25, 0.3) is 8.32 Å². The van der Waals surface area contributed by atoms with Gasteiger partial charge in [0.05, 0.1) is 17.7 Å². The molecule has 42 heavy (non-hydrogen) atoms. The maximum Gasteiger partial charge on any atom is 0.416 e. The van der Waals surface area contributed by atoms with Crippen molar-refractivity contribution in [3.63, 3.8) is 0 Å². The van der Waals surface area contributed by atoms with Gasteiger partial charge in [-0.25, -0.2) is 4.79 Å². The topological polar surface area (TPSA) is 62.4 Å². The van der Waals surface area contributed by atoms with Crippen LogP contribution < -0.4 is 26.3 Å². The zero-order valence-electron chi connectivity index (χ0n) is 23.4. The normalized spacial score (nSPS) is 18.1. The number of hydrogen-bond donors (Lipinski definition) is 3. The fourth-order valence-corrected chi connectivity index (χ4v) is 10.0. The molecule has 3 N–H and O–H groups in total. The molecular formula is C30H33F6N3O2Si. The number of urea groups is 1. The second-order valence-corrected chi connectivity index (χ2v) is 15.7. The summed E-state index contributed by atoms with van der Waals surface area (Å²) >= 11 is 0. The summed E-state index contributed by atoms with van der Waals surface area (Å²) in [6.45, 7) is 7.18. The molecule has 226 valence electrons. The fraction of sp³-hybridized carbons (Fsp3) is 0.367. The molecule has 0 radical (unpaired) electrons. The van der Waals surface area contributed by atoms with Crippen LogP contribution in [0.1, 0.15) is 38.3 Å². The van der Waals surface area contributed by atoms with E-state index in [9.17, 15) is 31.1 Å². The first kappa shape index (κ1) is 31.6. The van der Waals surface area contributed by atoms with Crippen LogP contribution in [0.4, 0.5) is 36.8 Å². The molecular weight excluding hydrogens is 576 g/mol. The van der Waals surface area contributed by atoms with E-state index in [2.05, 4.69) is 61.0 Å². The Hall–Kier alpha value is -3.35. The summed E-state index contributed by atoms with van der Waals surface area (Å²) in [6, 6.07) is 19.7. The van der Waals surface area contributed by atoms with Crippen LogP contribution in [0.5, 0.6) is 0 Å². The molecule has 0 unspecified atom stereocenters. The number of anilines is 1. The second-order valence-electron chi connectivity index (χ2n) is 11.4. The fourth-order valence-electron chi connectivity index (χ4n) is 5.42. The van der Waals surface area contributed by atoms with E-state index in [1.54, 1.807) is 0 Å². The van der Waals surface area contributed by atoms with E-state index < -0.39 is 49.6 Å². The lowest BCUT2D eigenvalue weighted by molar-refractivity contribution is -0.143. The van der Waals surface area contributed by atoms with E-state index >= 15 is 0 Å². The van der Waals surface area contributed by atoms with Crippen molar-refractivity contribution in [3.05, 3.63) is 90.0 Å². The van der Waals surface area contributed by atoms with Gasteiger partial charge in [0.1, 0.15) is 0 Å². The molecule has 12 heteroatoms. The number of rotatable bonds is 7. The maximum absolute atomic E-state index is 13.2. The van der Waals surface area contributed by atoms with Gasteiger partial charge >= 0.3 is 18.4 Å². The smallest absolute Gasteiger partial charge is 0.406 e. The molecule has 4 rings (SSSR count). The summed E-state index contributed by atoms with van der Waals surface area (Å²) in [6.07, 6.45) is -9.56. The molecule has 2 amide bonds. The van der Waals surface area contributed by atoms with Crippen molar-refractivity contribution in [2.24, 2.45) is 0 Å². The molecule has 0 saturated carbocycles. The third kappa shape index (κ3) is 7.16. The largest absolute Gasteiger partial charge is 0.416 e. The highest BCUT2D eigenvalue weighted by Gasteiger charge is 2.50. The van der Waals surface area contributed by atoms with Gasteiger partial charge in [0, 0.05) is 24.3 Å². The van der Waals surface area contributed by atoms with Crippen LogP contribution in [0.25, 0.3) is 0 Å². The van der Waals surface area contributed by atoms with Crippen molar-refractivity contribution in [1.29, 1.82) is 0 Å². The van der Waals surface area contributed by atoms with Gasteiger partial charge in [-0.1, -0.05) is 81.4 Å². The minimum Gasteiger partial charge on any atom is -0.406 e. The van der Waals surface area contributed by atoms with E-state index in [1.807, 2.05) is 36.4 Å². The summed E-state index contributed by atoms with van der Waals surface area (Å²) in [7, 11) is -2.79. The molecule has 1 fully saturated rings. The van der Waals surface area contributed by atoms with Gasteiger partial charge in [-0.05, 0) is 40.0 Å². The average molecular weight is 610 g/mol.